The van der Waals surface area contributed by atoms with Crippen molar-refractivity contribution in [3.63, 3.8) is 0 Å². The average Bonchev–Trinajstić information content (AvgIpc) is 2.55. The fourth-order valence-electron chi connectivity index (χ4n) is 2.30. The topological polar surface area (TPSA) is 64.9 Å². The van der Waals surface area contributed by atoms with Gasteiger partial charge in [-0.05, 0) is 37.6 Å². The fraction of sp³-hybridized carbons (Fsp3) is 0.222. The van der Waals surface area contributed by atoms with Gasteiger partial charge in [-0.3, -0.25) is 10.1 Å². The van der Waals surface area contributed by atoms with Gasteiger partial charge in [0, 0.05) is 11.1 Å². The maximum absolute atomic E-state index is 12.3. The minimum Gasteiger partial charge on any atom is -0.324 e. The Kier molecular flexibility index (Phi) is 5.75. The molecule has 4 nitrogen and oxygen atoms in total. The second-order valence-corrected chi connectivity index (χ2v) is 5.69. The van der Waals surface area contributed by atoms with Crippen LogP contribution in [0.3, 0.4) is 0 Å². The van der Waals surface area contributed by atoms with E-state index in [0.717, 1.165) is 5.56 Å². The quantitative estimate of drug-likeness (QED) is 0.875. The highest BCUT2D eigenvalue weighted by atomic mass is 35.5. The van der Waals surface area contributed by atoms with E-state index in [2.05, 4.69) is 16.7 Å². The second-order valence-electron chi connectivity index (χ2n) is 5.28. The third-order valence-electron chi connectivity index (χ3n) is 3.57. The standard InChI is InChI=1S/C18H18ClN3O/c1-12(15-8-4-5-9-16(15)19)21-13(2)18(23)22-17-10-6-3-7-14(17)11-20/h3-10,12-13,21H,1-2H3,(H,22,23)/t12-,13-/m1/s1. The van der Waals surface area contributed by atoms with Crippen LogP contribution in [0.1, 0.15) is 31.0 Å². The van der Waals surface area contributed by atoms with E-state index >= 15 is 0 Å². The van der Waals surface area contributed by atoms with Crippen LogP contribution in [0.25, 0.3) is 0 Å². The van der Waals surface area contributed by atoms with Crippen molar-refractivity contribution in [2.75, 3.05) is 5.32 Å². The number of hydrogen-bond acceptors (Lipinski definition) is 3. The first-order valence-corrected chi connectivity index (χ1v) is 7.71. The molecule has 0 heterocycles. The lowest BCUT2D eigenvalue weighted by Gasteiger charge is -2.21. The van der Waals surface area contributed by atoms with Crippen molar-refractivity contribution in [2.24, 2.45) is 0 Å². The molecule has 0 aliphatic heterocycles. The molecule has 2 rings (SSSR count). The summed E-state index contributed by atoms with van der Waals surface area (Å²) in [5.74, 6) is -0.202. The maximum Gasteiger partial charge on any atom is 0.241 e. The molecular formula is C18H18ClN3O. The Morgan fingerprint density at radius 3 is 2.48 bits per heavy atom. The van der Waals surface area contributed by atoms with Gasteiger partial charge in [0.25, 0.3) is 0 Å². The molecule has 0 unspecified atom stereocenters. The SMILES string of the molecule is C[C@@H](N[C@H](C)c1ccccc1Cl)C(=O)Nc1ccccc1C#N. The van der Waals surface area contributed by atoms with Crippen LogP contribution in [0.2, 0.25) is 5.02 Å². The summed E-state index contributed by atoms with van der Waals surface area (Å²) in [4.78, 5) is 12.3. The zero-order valence-electron chi connectivity index (χ0n) is 13.0. The van der Waals surface area contributed by atoms with Gasteiger partial charge in [-0.25, -0.2) is 0 Å². The number of nitriles is 1. The van der Waals surface area contributed by atoms with E-state index in [9.17, 15) is 4.79 Å². The summed E-state index contributed by atoms with van der Waals surface area (Å²) in [5.41, 5.74) is 1.89. The molecule has 0 radical (unpaired) electrons. The Hall–Kier alpha value is -2.35. The smallest absolute Gasteiger partial charge is 0.241 e. The Balaban J connectivity index is 2.03. The van der Waals surface area contributed by atoms with Crippen LogP contribution in [-0.4, -0.2) is 11.9 Å². The van der Waals surface area contributed by atoms with E-state index < -0.39 is 6.04 Å². The molecule has 0 saturated heterocycles. The van der Waals surface area contributed by atoms with Crippen molar-refractivity contribution in [1.82, 2.24) is 5.32 Å². The van der Waals surface area contributed by atoms with Gasteiger partial charge in [0.2, 0.25) is 5.91 Å². The van der Waals surface area contributed by atoms with Crippen LogP contribution in [0.4, 0.5) is 5.69 Å². The van der Waals surface area contributed by atoms with E-state index in [1.807, 2.05) is 31.2 Å². The molecule has 118 valence electrons. The van der Waals surface area contributed by atoms with Gasteiger partial charge >= 0.3 is 0 Å². The molecule has 0 aliphatic rings. The van der Waals surface area contributed by atoms with Crippen LogP contribution in [-0.2, 0) is 4.79 Å². The van der Waals surface area contributed by atoms with Crippen LogP contribution in [0.5, 0.6) is 0 Å². The zero-order chi connectivity index (χ0) is 16.8. The van der Waals surface area contributed by atoms with E-state index in [0.29, 0.717) is 16.3 Å². The highest BCUT2D eigenvalue weighted by Gasteiger charge is 2.18. The summed E-state index contributed by atoms with van der Waals surface area (Å²) in [7, 11) is 0. The molecule has 0 saturated carbocycles. The van der Waals surface area contributed by atoms with Gasteiger partial charge in [-0.1, -0.05) is 41.9 Å². The third kappa shape index (κ3) is 4.32. The molecule has 0 bridgehead atoms. The summed E-state index contributed by atoms with van der Waals surface area (Å²) in [6.45, 7) is 3.73. The molecule has 2 aromatic carbocycles. The lowest BCUT2D eigenvalue weighted by Crippen LogP contribution is -2.39. The predicted molar refractivity (Wildman–Crippen MR) is 92.3 cm³/mol. The van der Waals surface area contributed by atoms with Gasteiger partial charge in [0.05, 0.1) is 17.3 Å². The predicted octanol–water partition coefficient (Wildman–Crippen LogP) is 3.89. The maximum atomic E-state index is 12.3. The van der Waals surface area contributed by atoms with Crippen molar-refractivity contribution < 1.29 is 4.79 Å². The molecular weight excluding hydrogens is 310 g/mol. The molecule has 0 fully saturated rings. The van der Waals surface area contributed by atoms with Crippen molar-refractivity contribution in [2.45, 2.75) is 25.9 Å². The van der Waals surface area contributed by atoms with Gasteiger partial charge in [-0.15, -0.1) is 0 Å². The summed E-state index contributed by atoms with van der Waals surface area (Å²) >= 11 is 6.17. The van der Waals surface area contributed by atoms with E-state index in [-0.39, 0.29) is 11.9 Å². The summed E-state index contributed by atoms with van der Waals surface area (Å²) < 4.78 is 0. The first-order chi connectivity index (χ1) is 11.0. The number of nitrogens with zero attached hydrogens (tertiary/aromatic N) is 1. The largest absolute Gasteiger partial charge is 0.324 e. The first kappa shape index (κ1) is 17.0. The minimum absolute atomic E-state index is 0.0735. The monoisotopic (exact) mass is 327 g/mol. The lowest BCUT2D eigenvalue weighted by molar-refractivity contribution is -0.117. The van der Waals surface area contributed by atoms with E-state index in [4.69, 9.17) is 16.9 Å². The van der Waals surface area contributed by atoms with E-state index in [1.54, 1.807) is 31.2 Å². The summed E-state index contributed by atoms with van der Waals surface area (Å²) in [6, 6.07) is 16.0. The number of para-hydroxylation sites is 1. The third-order valence-corrected chi connectivity index (χ3v) is 3.91. The van der Waals surface area contributed by atoms with Gasteiger partial charge in [-0.2, -0.15) is 5.26 Å². The molecule has 23 heavy (non-hydrogen) atoms. The van der Waals surface area contributed by atoms with Crippen LogP contribution in [0, 0.1) is 11.3 Å². The number of anilines is 1. The van der Waals surface area contributed by atoms with Crippen molar-refractivity contribution >= 4 is 23.2 Å². The van der Waals surface area contributed by atoms with Gasteiger partial charge < -0.3 is 5.32 Å². The molecule has 5 heteroatoms. The number of carbonyl (C=O) groups excluding carboxylic acids is 1. The molecule has 2 N–H and O–H groups in total. The molecule has 0 spiro atoms. The van der Waals surface area contributed by atoms with Crippen molar-refractivity contribution in [1.29, 1.82) is 5.26 Å². The summed E-state index contributed by atoms with van der Waals surface area (Å²) in [6.07, 6.45) is 0. The lowest BCUT2D eigenvalue weighted by atomic mass is 10.1. The number of carbonyl (C=O) groups is 1. The summed E-state index contributed by atoms with van der Waals surface area (Å²) in [5, 5.41) is 15.7. The highest BCUT2D eigenvalue weighted by Crippen LogP contribution is 2.22. The zero-order valence-corrected chi connectivity index (χ0v) is 13.8. The Morgan fingerprint density at radius 1 is 1.13 bits per heavy atom. The van der Waals surface area contributed by atoms with Crippen molar-refractivity contribution in [3.05, 3.63) is 64.7 Å². The fourth-order valence-corrected chi connectivity index (χ4v) is 2.60. The minimum atomic E-state index is -0.437. The number of rotatable bonds is 5. The number of halogens is 1. The first-order valence-electron chi connectivity index (χ1n) is 7.33. The Bertz CT molecular complexity index is 739. The number of benzene rings is 2. The molecule has 1 amide bonds. The highest BCUT2D eigenvalue weighted by molar-refractivity contribution is 6.31. The van der Waals surface area contributed by atoms with Crippen LogP contribution >= 0.6 is 11.6 Å². The second kappa shape index (κ2) is 7.77. The van der Waals surface area contributed by atoms with Crippen molar-refractivity contribution in [3.8, 4) is 6.07 Å². The average molecular weight is 328 g/mol. The van der Waals surface area contributed by atoms with E-state index in [1.165, 1.54) is 0 Å². The normalized spacial score (nSPS) is 13.0. The Morgan fingerprint density at radius 2 is 1.78 bits per heavy atom. The number of amides is 1. The molecule has 2 aromatic rings. The molecule has 0 aromatic heterocycles. The number of nitrogens with one attached hydrogen (secondary N) is 2. The van der Waals surface area contributed by atoms with Crippen LogP contribution in [0.15, 0.2) is 48.5 Å². The molecule has 0 aliphatic carbocycles. The number of hydrogen-bond donors (Lipinski definition) is 2. The van der Waals surface area contributed by atoms with Crippen LogP contribution < -0.4 is 10.6 Å². The van der Waals surface area contributed by atoms with Gasteiger partial charge in [0.15, 0.2) is 0 Å². The molecule has 2 atom stereocenters. The van der Waals surface area contributed by atoms with Gasteiger partial charge in [0.1, 0.15) is 6.07 Å². The Labute approximate surface area is 141 Å².